The highest BCUT2D eigenvalue weighted by atomic mass is 16.7. The van der Waals surface area contributed by atoms with Crippen molar-refractivity contribution in [2.24, 2.45) is 0 Å². The minimum absolute atomic E-state index is 0.249. The molecule has 1 saturated heterocycles. The third-order valence-electron chi connectivity index (χ3n) is 3.80. The van der Waals surface area contributed by atoms with E-state index in [-0.39, 0.29) is 13.0 Å². The predicted octanol–water partition coefficient (Wildman–Crippen LogP) is -1.71. The van der Waals surface area contributed by atoms with Gasteiger partial charge < -0.3 is 39.7 Å². The molecule has 1 aliphatic heterocycles. The maximum absolute atomic E-state index is 11.6. The largest absolute Gasteiger partial charge is 0.463 e. The summed E-state index contributed by atoms with van der Waals surface area (Å²) < 4.78 is 15.5. The first-order valence-corrected chi connectivity index (χ1v) is 8.17. The third-order valence-corrected chi connectivity index (χ3v) is 3.80. The van der Waals surface area contributed by atoms with Gasteiger partial charge in [0.2, 0.25) is 0 Å². The summed E-state index contributed by atoms with van der Waals surface area (Å²) in [5, 5.41) is 47.6. The Balaban J connectivity index is 2.54. The molecule has 0 bridgehead atoms. The molecule has 1 heterocycles. The fourth-order valence-corrected chi connectivity index (χ4v) is 2.27. The van der Waals surface area contributed by atoms with Crippen LogP contribution in [0.25, 0.3) is 0 Å². The maximum atomic E-state index is 11.6. The summed E-state index contributed by atoms with van der Waals surface area (Å²) in [4.78, 5) is 11.6. The van der Waals surface area contributed by atoms with E-state index in [2.05, 4.69) is 0 Å². The average Bonchev–Trinajstić information content (AvgIpc) is 2.58. The van der Waals surface area contributed by atoms with Gasteiger partial charge in [-0.1, -0.05) is 19.8 Å². The number of ether oxygens (including phenoxy) is 3. The van der Waals surface area contributed by atoms with Crippen molar-refractivity contribution in [1.29, 1.82) is 0 Å². The molecule has 0 aromatic rings. The van der Waals surface area contributed by atoms with Crippen LogP contribution in [-0.4, -0.2) is 88.1 Å². The van der Waals surface area contributed by atoms with Crippen molar-refractivity contribution in [3.8, 4) is 0 Å². The van der Waals surface area contributed by atoms with Crippen molar-refractivity contribution in [3.05, 3.63) is 0 Å². The van der Waals surface area contributed by atoms with Crippen LogP contribution in [0.2, 0.25) is 0 Å². The number of hydrogen-bond acceptors (Lipinski definition) is 9. The molecule has 0 amide bonds. The van der Waals surface area contributed by atoms with Crippen molar-refractivity contribution in [2.45, 2.75) is 69.4 Å². The minimum atomic E-state index is -1.58. The van der Waals surface area contributed by atoms with Crippen LogP contribution in [0.1, 0.15) is 32.6 Å². The number of aliphatic hydroxyl groups excluding tert-OH is 5. The average molecular weight is 352 g/mol. The van der Waals surface area contributed by atoms with Gasteiger partial charge >= 0.3 is 5.97 Å². The van der Waals surface area contributed by atoms with Gasteiger partial charge in [0.05, 0.1) is 13.2 Å². The van der Waals surface area contributed by atoms with Crippen LogP contribution in [-0.2, 0) is 19.0 Å². The third kappa shape index (κ3) is 6.25. The van der Waals surface area contributed by atoms with E-state index in [9.17, 15) is 20.1 Å². The Kier molecular flexibility index (Phi) is 9.67. The molecular formula is C15H28O9. The highest BCUT2D eigenvalue weighted by Gasteiger charge is 2.45. The highest BCUT2D eigenvalue weighted by molar-refractivity contribution is 5.69. The van der Waals surface area contributed by atoms with Gasteiger partial charge in [0.1, 0.15) is 37.1 Å². The molecule has 0 aromatic carbocycles. The lowest BCUT2D eigenvalue weighted by molar-refractivity contribution is -0.315. The summed E-state index contributed by atoms with van der Waals surface area (Å²) in [5.74, 6) is -0.444. The van der Waals surface area contributed by atoms with Gasteiger partial charge in [-0.3, -0.25) is 4.79 Å². The zero-order valence-corrected chi connectivity index (χ0v) is 13.8. The zero-order valence-electron chi connectivity index (χ0n) is 13.8. The molecule has 9 nitrogen and oxygen atoms in total. The van der Waals surface area contributed by atoms with Gasteiger partial charge in [-0.25, -0.2) is 0 Å². The summed E-state index contributed by atoms with van der Waals surface area (Å²) in [5.41, 5.74) is 0. The zero-order chi connectivity index (χ0) is 18.1. The van der Waals surface area contributed by atoms with E-state index >= 15 is 0 Å². The smallest absolute Gasteiger partial charge is 0.305 e. The second kappa shape index (κ2) is 10.9. The minimum Gasteiger partial charge on any atom is -0.463 e. The molecule has 9 heteroatoms. The number of rotatable bonds is 10. The molecule has 0 radical (unpaired) electrons. The number of hydrogen-bond donors (Lipinski definition) is 5. The molecule has 1 fully saturated rings. The number of unbranched alkanes of at least 4 members (excludes halogenated alkanes) is 2. The lowest BCUT2D eigenvalue weighted by Crippen LogP contribution is -2.60. The number of carbonyl (C=O) groups is 1. The van der Waals surface area contributed by atoms with Crippen LogP contribution in [0.3, 0.4) is 0 Å². The summed E-state index contributed by atoms with van der Waals surface area (Å²) in [6.07, 6.45) is -5.28. The van der Waals surface area contributed by atoms with Crippen molar-refractivity contribution >= 4 is 5.97 Å². The predicted molar refractivity (Wildman–Crippen MR) is 80.8 cm³/mol. The number of carbonyl (C=O) groups excluding carboxylic acids is 1. The highest BCUT2D eigenvalue weighted by Crippen LogP contribution is 2.23. The molecule has 24 heavy (non-hydrogen) atoms. The first-order chi connectivity index (χ1) is 11.4. The second-order valence-electron chi connectivity index (χ2n) is 5.78. The van der Waals surface area contributed by atoms with Gasteiger partial charge in [0.15, 0.2) is 6.29 Å². The van der Waals surface area contributed by atoms with E-state index < -0.39 is 56.0 Å². The van der Waals surface area contributed by atoms with Crippen LogP contribution in [0.5, 0.6) is 0 Å². The van der Waals surface area contributed by atoms with E-state index in [1.807, 2.05) is 6.92 Å². The Morgan fingerprint density at radius 2 is 1.75 bits per heavy atom. The number of esters is 1. The summed E-state index contributed by atoms with van der Waals surface area (Å²) in [6.45, 7) is 0.673. The molecule has 0 aromatic heterocycles. The monoisotopic (exact) mass is 352 g/mol. The maximum Gasteiger partial charge on any atom is 0.305 e. The molecule has 5 atom stereocenters. The van der Waals surface area contributed by atoms with Gasteiger partial charge in [-0.05, 0) is 6.42 Å². The summed E-state index contributed by atoms with van der Waals surface area (Å²) >= 11 is 0. The van der Waals surface area contributed by atoms with Crippen LogP contribution in [0, 0.1) is 0 Å². The quantitative estimate of drug-likeness (QED) is 0.229. The Labute approximate surface area is 140 Å². The van der Waals surface area contributed by atoms with Gasteiger partial charge in [0.25, 0.3) is 0 Å². The van der Waals surface area contributed by atoms with Crippen LogP contribution >= 0.6 is 0 Å². The van der Waals surface area contributed by atoms with Crippen LogP contribution in [0.15, 0.2) is 0 Å². The molecule has 1 rings (SSSR count). The van der Waals surface area contributed by atoms with Gasteiger partial charge in [0, 0.05) is 6.42 Å². The van der Waals surface area contributed by atoms with Gasteiger partial charge in [-0.2, -0.15) is 0 Å². The Hall–Kier alpha value is -0.810. The van der Waals surface area contributed by atoms with E-state index in [1.54, 1.807) is 0 Å². The fourth-order valence-electron chi connectivity index (χ4n) is 2.27. The van der Waals surface area contributed by atoms with Crippen molar-refractivity contribution in [1.82, 2.24) is 0 Å². The van der Waals surface area contributed by atoms with Crippen molar-refractivity contribution in [2.75, 3.05) is 19.8 Å². The normalized spacial score (nSPS) is 30.5. The molecule has 5 N–H and O–H groups in total. The van der Waals surface area contributed by atoms with E-state index in [0.29, 0.717) is 6.42 Å². The molecule has 142 valence electrons. The Morgan fingerprint density at radius 3 is 2.33 bits per heavy atom. The summed E-state index contributed by atoms with van der Waals surface area (Å²) in [7, 11) is 0. The Bertz CT molecular complexity index is 361. The molecular weight excluding hydrogens is 324 g/mol. The van der Waals surface area contributed by atoms with Crippen LogP contribution in [0.4, 0.5) is 0 Å². The molecule has 0 saturated carbocycles. The molecule has 0 aliphatic carbocycles. The number of aliphatic hydroxyl groups is 5. The Morgan fingerprint density at radius 1 is 1.08 bits per heavy atom. The second-order valence-corrected chi connectivity index (χ2v) is 5.78. The lowest BCUT2D eigenvalue weighted by Gasteiger charge is -2.40. The van der Waals surface area contributed by atoms with Gasteiger partial charge in [-0.15, -0.1) is 0 Å². The lowest BCUT2D eigenvalue weighted by atomic mass is 9.99. The summed E-state index contributed by atoms with van der Waals surface area (Å²) in [6, 6.07) is 0. The molecule has 1 aliphatic rings. The van der Waals surface area contributed by atoms with Crippen molar-refractivity contribution in [3.63, 3.8) is 0 Å². The van der Waals surface area contributed by atoms with E-state index in [1.165, 1.54) is 0 Å². The van der Waals surface area contributed by atoms with Crippen LogP contribution < -0.4 is 0 Å². The molecule has 0 spiro atoms. The molecule has 0 unspecified atom stereocenters. The topological polar surface area (TPSA) is 146 Å². The standard InChI is InChI=1S/C15H28O9/c1-2-3-4-5-11(18)22-8-10-12(19)13(20)14(21)15(24-10)23-9(6-16)7-17/h9-10,12-17,19-21H,2-8H2,1H3/t10-,12+,13+,14-,15-/m1/s1. The van der Waals surface area contributed by atoms with E-state index in [4.69, 9.17) is 24.4 Å². The SMILES string of the molecule is CCCCCC(=O)OC[C@H]1O[C@@H](OC(CO)CO)[C@H](O)[C@@H](O)[C@H]1O. The fraction of sp³-hybridized carbons (Fsp3) is 0.933. The van der Waals surface area contributed by atoms with E-state index in [0.717, 1.165) is 12.8 Å². The first kappa shape index (κ1) is 21.2. The first-order valence-electron chi connectivity index (χ1n) is 8.17. The van der Waals surface area contributed by atoms with Crippen molar-refractivity contribution < 1.29 is 44.5 Å².